The van der Waals surface area contributed by atoms with E-state index in [4.69, 9.17) is 9.72 Å². The fraction of sp³-hybridized carbons (Fsp3) is 0.371. The lowest BCUT2D eigenvalue weighted by atomic mass is 9.96. The van der Waals surface area contributed by atoms with Crippen molar-refractivity contribution in [2.45, 2.75) is 57.5 Å². The van der Waals surface area contributed by atoms with Crippen LogP contribution in [0.1, 0.15) is 61.6 Å². The van der Waals surface area contributed by atoms with Crippen LogP contribution in [0.3, 0.4) is 0 Å². The van der Waals surface area contributed by atoms with E-state index in [9.17, 15) is 10.2 Å². The Morgan fingerprint density at radius 2 is 1.91 bits per heavy atom. The van der Waals surface area contributed by atoms with Crippen molar-refractivity contribution < 1.29 is 14.9 Å². The fourth-order valence-corrected chi connectivity index (χ4v) is 6.79. The van der Waals surface area contributed by atoms with Crippen molar-refractivity contribution in [3.05, 3.63) is 83.9 Å². The number of aromatic nitrogens is 4. The number of aliphatic hydroxyl groups is 2. The maximum atomic E-state index is 11.6. The van der Waals surface area contributed by atoms with Gasteiger partial charge in [0.05, 0.1) is 31.2 Å². The van der Waals surface area contributed by atoms with Gasteiger partial charge in [0.2, 0.25) is 0 Å². The summed E-state index contributed by atoms with van der Waals surface area (Å²) in [6.45, 7) is 7.30. The average Bonchev–Trinajstić information content (AvgIpc) is 3.63. The smallest absolute Gasteiger partial charge is 0.157 e. The van der Waals surface area contributed by atoms with Gasteiger partial charge in [-0.25, -0.2) is 9.97 Å². The molecular formula is C35H38N6O3. The van der Waals surface area contributed by atoms with Crippen LogP contribution in [-0.4, -0.2) is 66.9 Å². The number of aliphatic hydroxyl groups excluding tert-OH is 2. The first-order chi connectivity index (χ1) is 21.5. The molecule has 0 spiro atoms. The Balaban J connectivity index is 1.13. The molecule has 8 rings (SSSR count). The summed E-state index contributed by atoms with van der Waals surface area (Å²) in [6, 6.07) is 17.3. The summed E-state index contributed by atoms with van der Waals surface area (Å²) < 4.78 is 8.35. The van der Waals surface area contributed by atoms with Gasteiger partial charge in [0.15, 0.2) is 6.23 Å². The van der Waals surface area contributed by atoms with E-state index >= 15 is 0 Å². The number of rotatable bonds is 7. The molecule has 0 amide bonds. The molecule has 9 heteroatoms. The maximum Gasteiger partial charge on any atom is 0.157 e. The summed E-state index contributed by atoms with van der Waals surface area (Å²) in [7, 11) is 0. The van der Waals surface area contributed by atoms with Crippen LogP contribution in [-0.2, 0) is 6.61 Å². The molecule has 1 saturated heterocycles. The van der Waals surface area contributed by atoms with Crippen LogP contribution in [0, 0.1) is 0 Å². The maximum absolute atomic E-state index is 11.6. The van der Waals surface area contributed by atoms with Crippen LogP contribution < -0.4 is 9.64 Å². The highest BCUT2D eigenvalue weighted by Crippen LogP contribution is 2.44. The average molecular weight is 591 g/mol. The minimum absolute atomic E-state index is 0.177. The van der Waals surface area contributed by atoms with Gasteiger partial charge in [0, 0.05) is 53.7 Å². The van der Waals surface area contributed by atoms with Gasteiger partial charge < -0.3 is 29.4 Å². The Morgan fingerprint density at radius 1 is 1.05 bits per heavy atom. The van der Waals surface area contributed by atoms with E-state index in [2.05, 4.69) is 57.7 Å². The Kier molecular flexibility index (Phi) is 6.70. The molecule has 44 heavy (non-hydrogen) atoms. The number of aromatic amines is 1. The van der Waals surface area contributed by atoms with Crippen LogP contribution in [0.2, 0.25) is 0 Å². The summed E-state index contributed by atoms with van der Waals surface area (Å²) >= 11 is 0. The molecule has 5 aromatic rings. The standard InChI is InChI=1S/C35H38N6O3/c1-21(2)39-16-24(17-39)40-18-31(37-20-40)30-15-28-26(10-11-36-34(28)38-30)25-4-3-5-32(29(25)19-42)41-12-13-44-33-14-23(22-6-7-22)8-9-27(33)35(41)43/h3-5,8-11,14-15,18,20-22,24,35,42-43H,6-7,12-13,16-17,19H2,1-2H3,(H,36,38). The Morgan fingerprint density at radius 3 is 2.70 bits per heavy atom. The van der Waals surface area contributed by atoms with Gasteiger partial charge in [0.25, 0.3) is 0 Å². The van der Waals surface area contributed by atoms with Gasteiger partial charge in [-0.3, -0.25) is 4.90 Å². The van der Waals surface area contributed by atoms with E-state index < -0.39 is 6.23 Å². The molecule has 2 fully saturated rings. The minimum atomic E-state index is -0.893. The molecule has 0 bridgehead atoms. The van der Waals surface area contributed by atoms with Crippen LogP contribution in [0.4, 0.5) is 5.69 Å². The third-order valence-corrected chi connectivity index (χ3v) is 9.61. The van der Waals surface area contributed by atoms with Crippen molar-refractivity contribution in [2.75, 3.05) is 31.1 Å². The minimum Gasteiger partial charge on any atom is -0.491 e. The van der Waals surface area contributed by atoms with E-state index in [0.29, 0.717) is 31.2 Å². The number of hydrogen-bond donors (Lipinski definition) is 3. The molecule has 3 aliphatic rings. The zero-order valence-electron chi connectivity index (χ0n) is 25.1. The highest BCUT2D eigenvalue weighted by molar-refractivity contribution is 5.97. The molecule has 3 N–H and O–H groups in total. The van der Waals surface area contributed by atoms with E-state index in [0.717, 1.165) is 69.2 Å². The number of fused-ring (bicyclic) bond motifs is 2. The van der Waals surface area contributed by atoms with Gasteiger partial charge in [-0.2, -0.15) is 0 Å². The van der Waals surface area contributed by atoms with Crippen molar-refractivity contribution in [1.29, 1.82) is 0 Å². The summed E-state index contributed by atoms with van der Waals surface area (Å²) in [5.74, 6) is 1.36. The van der Waals surface area contributed by atoms with Crippen LogP contribution in [0.25, 0.3) is 33.5 Å². The molecule has 1 atom stereocenters. The van der Waals surface area contributed by atoms with Crippen LogP contribution in [0.15, 0.2) is 67.3 Å². The number of hydrogen-bond acceptors (Lipinski definition) is 7. The second kappa shape index (κ2) is 10.8. The van der Waals surface area contributed by atoms with E-state index in [1.54, 1.807) is 6.20 Å². The third-order valence-electron chi connectivity index (χ3n) is 9.61. The van der Waals surface area contributed by atoms with Crippen LogP contribution >= 0.6 is 0 Å². The molecule has 1 saturated carbocycles. The number of likely N-dealkylation sites (tertiary alicyclic amines) is 1. The lowest BCUT2D eigenvalue weighted by Crippen LogP contribution is -2.50. The van der Waals surface area contributed by atoms with Gasteiger partial charge in [-0.05, 0) is 73.6 Å². The molecule has 3 aromatic heterocycles. The summed E-state index contributed by atoms with van der Waals surface area (Å²) in [5.41, 5.74) is 7.98. The predicted octanol–water partition coefficient (Wildman–Crippen LogP) is 5.62. The van der Waals surface area contributed by atoms with E-state index in [1.807, 2.05) is 41.6 Å². The Hall–Kier alpha value is -4.18. The SMILES string of the molecule is CC(C)N1CC(n2cnc(-c3cc4c(-c5cccc(N6CCOc7cc(C8CC8)ccc7C6O)c5CO)ccnc4[nH]3)c2)C1. The first-order valence-electron chi connectivity index (χ1n) is 15.7. The highest BCUT2D eigenvalue weighted by atomic mass is 16.5. The molecule has 2 aliphatic heterocycles. The van der Waals surface area contributed by atoms with Crippen molar-refractivity contribution >= 4 is 16.7 Å². The van der Waals surface area contributed by atoms with Crippen molar-refractivity contribution in [3.8, 4) is 28.3 Å². The van der Waals surface area contributed by atoms with E-state index in [-0.39, 0.29) is 6.61 Å². The number of pyridine rings is 1. The normalized spacial score (nSPS) is 19.2. The number of nitrogens with one attached hydrogen (secondary N) is 1. The summed E-state index contributed by atoms with van der Waals surface area (Å²) in [6.07, 6.45) is 7.36. The number of benzene rings is 2. The molecule has 9 nitrogen and oxygen atoms in total. The van der Waals surface area contributed by atoms with Gasteiger partial charge >= 0.3 is 0 Å². The molecule has 226 valence electrons. The van der Waals surface area contributed by atoms with Crippen molar-refractivity contribution in [3.63, 3.8) is 0 Å². The van der Waals surface area contributed by atoms with E-state index in [1.165, 1.54) is 18.4 Å². The second-order valence-electron chi connectivity index (χ2n) is 12.7. The largest absolute Gasteiger partial charge is 0.491 e. The predicted molar refractivity (Wildman–Crippen MR) is 171 cm³/mol. The summed E-state index contributed by atoms with van der Waals surface area (Å²) in [5, 5.41) is 23.3. The highest BCUT2D eigenvalue weighted by Gasteiger charge is 2.31. The number of ether oxygens (including phenoxy) is 1. The van der Waals surface area contributed by atoms with Gasteiger partial charge in [-0.1, -0.05) is 24.3 Å². The monoisotopic (exact) mass is 590 g/mol. The fourth-order valence-electron chi connectivity index (χ4n) is 6.79. The number of nitrogens with zero attached hydrogens (tertiary/aromatic N) is 5. The number of anilines is 1. The molecule has 1 unspecified atom stereocenters. The molecule has 2 aromatic carbocycles. The quantitative estimate of drug-likeness (QED) is 0.226. The Labute approximate surface area is 256 Å². The lowest BCUT2D eigenvalue weighted by Gasteiger charge is -2.42. The summed E-state index contributed by atoms with van der Waals surface area (Å²) in [4.78, 5) is 17.2. The zero-order valence-corrected chi connectivity index (χ0v) is 25.1. The Bertz CT molecular complexity index is 1830. The first-order valence-corrected chi connectivity index (χ1v) is 15.7. The topological polar surface area (TPSA) is 103 Å². The molecule has 1 aliphatic carbocycles. The molecular weight excluding hydrogens is 552 g/mol. The third kappa shape index (κ3) is 4.67. The first kappa shape index (κ1) is 27.4. The molecule has 5 heterocycles. The van der Waals surface area contributed by atoms with Crippen molar-refractivity contribution in [2.24, 2.45) is 0 Å². The van der Waals surface area contributed by atoms with Gasteiger partial charge in [-0.15, -0.1) is 0 Å². The van der Waals surface area contributed by atoms with Gasteiger partial charge in [0.1, 0.15) is 23.7 Å². The number of imidazole rings is 1. The number of H-pyrrole nitrogens is 1. The zero-order chi connectivity index (χ0) is 29.9. The van der Waals surface area contributed by atoms with Crippen molar-refractivity contribution in [1.82, 2.24) is 24.4 Å². The second-order valence-corrected chi connectivity index (χ2v) is 12.7. The van der Waals surface area contributed by atoms with Crippen LogP contribution in [0.5, 0.6) is 5.75 Å². The lowest BCUT2D eigenvalue weighted by molar-refractivity contribution is 0.0743. The molecule has 0 radical (unpaired) electrons.